The Morgan fingerprint density at radius 3 is 2.58 bits per heavy atom. The van der Waals surface area contributed by atoms with E-state index in [1.54, 1.807) is 0 Å². The van der Waals surface area contributed by atoms with E-state index in [0.717, 1.165) is 5.92 Å². The summed E-state index contributed by atoms with van der Waals surface area (Å²) in [4.78, 5) is 0. The van der Waals surface area contributed by atoms with Crippen LogP contribution in [0.3, 0.4) is 0 Å². The molecule has 2 bridgehead atoms. The third-order valence-corrected chi connectivity index (χ3v) is 3.70. The minimum Gasteiger partial charge on any atom is -0.361 e. The van der Waals surface area contributed by atoms with E-state index < -0.39 is 0 Å². The molecule has 68 valence electrons. The fourth-order valence-corrected chi connectivity index (χ4v) is 2.65. The normalized spacial score (nSPS) is 57.7. The van der Waals surface area contributed by atoms with E-state index >= 15 is 0 Å². The molecule has 1 unspecified atom stereocenters. The molecule has 1 nitrogen and oxygen atoms in total. The lowest BCUT2D eigenvalue weighted by Crippen LogP contribution is -2.47. The van der Waals surface area contributed by atoms with Gasteiger partial charge in [0.05, 0.1) is 11.2 Å². The van der Waals surface area contributed by atoms with E-state index in [2.05, 4.69) is 39.8 Å². The van der Waals surface area contributed by atoms with Crippen LogP contribution in [0, 0.1) is 11.8 Å². The summed E-state index contributed by atoms with van der Waals surface area (Å²) in [6.07, 6.45) is 5.66. The fourth-order valence-electron chi connectivity index (χ4n) is 2.65. The molecule has 1 heteroatoms. The highest BCUT2D eigenvalue weighted by Crippen LogP contribution is 2.48. The Morgan fingerprint density at radius 1 is 1.25 bits per heavy atom. The molecule has 12 heavy (non-hydrogen) atoms. The zero-order valence-electron chi connectivity index (χ0n) is 8.42. The highest BCUT2D eigenvalue weighted by Gasteiger charge is 2.49. The number of hydrogen-bond acceptors (Lipinski definition) is 1. The van der Waals surface area contributed by atoms with Gasteiger partial charge in [0.2, 0.25) is 0 Å². The van der Waals surface area contributed by atoms with Crippen LogP contribution in [0.25, 0.3) is 0 Å². The Kier molecular flexibility index (Phi) is 1.48. The third-order valence-electron chi connectivity index (χ3n) is 3.70. The molecule has 2 aliphatic heterocycles. The molecule has 0 saturated carbocycles. The molecule has 0 aromatic rings. The standard InChI is InChI=1S/C11H18O/c1-8-7-10(3)5-6-11(4,12-10)9(8)2/h5-6,8-9H,7H2,1-4H3/t8?,9-,10+,11-/m0/s1. The van der Waals surface area contributed by atoms with Gasteiger partial charge in [-0.1, -0.05) is 26.0 Å². The van der Waals surface area contributed by atoms with Gasteiger partial charge < -0.3 is 4.74 Å². The lowest BCUT2D eigenvalue weighted by Gasteiger charge is -2.45. The molecule has 0 aliphatic carbocycles. The van der Waals surface area contributed by atoms with Crippen molar-refractivity contribution in [1.29, 1.82) is 0 Å². The maximum atomic E-state index is 6.04. The predicted molar refractivity (Wildman–Crippen MR) is 50.0 cm³/mol. The van der Waals surface area contributed by atoms with E-state index in [4.69, 9.17) is 4.74 Å². The molecular weight excluding hydrogens is 148 g/mol. The molecule has 2 heterocycles. The summed E-state index contributed by atoms with van der Waals surface area (Å²) in [5.41, 5.74) is 0.0348. The quantitative estimate of drug-likeness (QED) is 0.503. The second kappa shape index (κ2) is 2.14. The van der Waals surface area contributed by atoms with Crippen LogP contribution in [-0.2, 0) is 4.74 Å². The number of hydrogen-bond donors (Lipinski definition) is 0. The van der Waals surface area contributed by atoms with Gasteiger partial charge in [0, 0.05) is 0 Å². The zero-order chi connectivity index (χ0) is 8.98. The van der Waals surface area contributed by atoms with Crippen LogP contribution < -0.4 is 0 Å². The maximum absolute atomic E-state index is 6.04. The molecule has 0 spiro atoms. The molecule has 2 rings (SSSR count). The van der Waals surface area contributed by atoms with Crippen LogP contribution in [0.15, 0.2) is 12.2 Å². The summed E-state index contributed by atoms with van der Waals surface area (Å²) in [6.45, 7) is 9.02. The average Bonchev–Trinajstić information content (AvgIpc) is 2.22. The second-order valence-electron chi connectivity index (χ2n) is 4.90. The number of rotatable bonds is 0. The molecule has 0 aromatic carbocycles. The molecule has 1 saturated heterocycles. The molecule has 1 fully saturated rings. The van der Waals surface area contributed by atoms with Crippen LogP contribution in [-0.4, -0.2) is 11.2 Å². The minimum absolute atomic E-state index is 0.00637. The highest BCUT2D eigenvalue weighted by atomic mass is 16.5. The lowest BCUT2D eigenvalue weighted by molar-refractivity contribution is -0.152. The first kappa shape index (κ1) is 8.31. The second-order valence-corrected chi connectivity index (χ2v) is 4.90. The predicted octanol–water partition coefficient (Wildman–Crippen LogP) is 2.77. The van der Waals surface area contributed by atoms with E-state index in [1.165, 1.54) is 6.42 Å². The van der Waals surface area contributed by atoms with E-state index in [-0.39, 0.29) is 11.2 Å². The molecule has 0 amide bonds. The molecular formula is C11H18O. The van der Waals surface area contributed by atoms with Crippen molar-refractivity contribution in [1.82, 2.24) is 0 Å². The Morgan fingerprint density at radius 2 is 1.92 bits per heavy atom. The van der Waals surface area contributed by atoms with Gasteiger partial charge in [-0.15, -0.1) is 0 Å². The van der Waals surface area contributed by atoms with Crippen molar-refractivity contribution >= 4 is 0 Å². The minimum atomic E-state index is 0.00637. The van der Waals surface area contributed by atoms with Gasteiger partial charge in [-0.2, -0.15) is 0 Å². The molecule has 4 atom stereocenters. The summed E-state index contributed by atoms with van der Waals surface area (Å²) in [6, 6.07) is 0. The summed E-state index contributed by atoms with van der Waals surface area (Å²) in [5, 5.41) is 0. The first-order chi connectivity index (χ1) is 5.45. The Bertz CT molecular complexity index is 233. The first-order valence-corrected chi connectivity index (χ1v) is 4.86. The zero-order valence-corrected chi connectivity index (χ0v) is 8.42. The van der Waals surface area contributed by atoms with Crippen molar-refractivity contribution in [2.24, 2.45) is 11.8 Å². The highest BCUT2D eigenvalue weighted by molar-refractivity contribution is 5.20. The van der Waals surface area contributed by atoms with E-state index in [1.807, 2.05) is 0 Å². The third kappa shape index (κ3) is 0.957. The topological polar surface area (TPSA) is 9.23 Å². The smallest absolute Gasteiger partial charge is 0.0875 e. The van der Waals surface area contributed by atoms with Gasteiger partial charge in [-0.3, -0.25) is 0 Å². The molecule has 2 aliphatic rings. The Labute approximate surface area is 74.8 Å². The monoisotopic (exact) mass is 166 g/mol. The van der Waals surface area contributed by atoms with E-state index in [0.29, 0.717) is 5.92 Å². The Hall–Kier alpha value is -0.300. The maximum Gasteiger partial charge on any atom is 0.0875 e. The van der Waals surface area contributed by atoms with Crippen LogP contribution in [0.1, 0.15) is 34.1 Å². The first-order valence-electron chi connectivity index (χ1n) is 4.86. The largest absolute Gasteiger partial charge is 0.361 e. The summed E-state index contributed by atoms with van der Waals surface area (Å²) in [5.74, 6) is 1.41. The summed E-state index contributed by atoms with van der Waals surface area (Å²) in [7, 11) is 0. The van der Waals surface area contributed by atoms with Gasteiger partial charge in [0.15, 0.2) is 0 Å². The SMILES string of the molecule is CC1C[C@@]2(C)C=C[C@](C)(O2)[C@H]1C. The van der Waals surface area contributed by atoms with Crippen molar-refractivity contribution in [3.8, 4) is 0 Å². The van der Waals surface area contributed by atoms with Crippen LogP contribution in [0.4, 0.5) is 0 Å². The lowest BCUT2D eigenvalue weighted by atomic mass is 9.76. The van der Waals surface area contributed by atoms with Gasteiger partial charge in [-0.05, 0) is 32.1 Å². The molecule has 0 aromatic heterocycles. The number of fused-ring (bicyclic) bond motifs is 2. The molecule has 0 N–H and O–H groups in total. The van der Waals surface area contributed by atoms with Gasteiger partial charge >= 0.3 is 0 Å². The summed E-state index contributed by atoms with van der Waals surface area (Å²) >= 11 is 0. The van der Waals surface area contributed by atoms with Crippen molar-refractivity contribution < 1.29 is 4.74 Å². The van der Waals surface area contributed by atoms with Gasteiger partial charge in [0.25, 0.3) is 0 Å². The van der Waals surface area contributed by atoms with E-state index in [9.17, 15) is 0 Å². The summed E-state index contributed by atoms with van der Waals surface area (Å²) < 4.78 is 6.04. The Balaban J connectivity index is 2.34. The van der Waals surface area contributed by atoms with Crippen molar-refractivity contribution in [2.75, 3.05) is 0 Å². The van der Waals surface area contributed by atoms with Gasteiger partial charge in [-0.25, -0.2) is 0 Å². The number of ether oxygens (including phenoxy) is 1. The van der Waals surface area contributed by atoms with Gasteiger partial charge in [0.1, 0.15) is 0 Å². The van der Waals surface area contributed by atoms with Crippen LogP contribution in [0.5, 0.6) is 0 Å². The van der Waals surface area contributed by atoms with Crippen molar-refractivity contribution in [3.63, 3.8) is 0 Å². The fraction of sp³-hybridized carbons (Fsp3) is 0.818. The van der Waals surface area contributed by atoms with Crippen LogP contribution >= 0.6 is 0 Å². The van der Waals surface area contributed by atoms with Crippen LogP contribution in [0.2, 0.25) is 0 Å². The average molecular weight is 166 g/mol. The van der Waals surface area contributed by atoms with Crippen molar-refractivity contribution in [3.05, 3.63) is 12.2 Å². The molecule has 0 radical (unpaired) electrons. The van der Waals surface area contributed by atoms with Crippen molar-refractivity contribution in [2.45, 2.75) is 45.3 Å².